The molecular weight excluding hydrogens is 370 g/mol. The van der Waals surface area contributed by atoms with E-state index in [0.717, 1.165) is 6.42 Å². The standard InChI is InChI=1S/C22H29N3O4/c1-14(2)10-25-21(27)18-8-6-5-7-17(18)20(23-25)22(28)29-13-19(26)24-11-15(3)9-16(4)12-24/h5-8,14-16H,9-13H2,1-4H3/t15-,16-/m1/s1. The second kappa shape index (κ2) is 8.76. The van der Waals surface area contributed by atoms with Crippen molar-refractivity contribution in [3.05, 3.63) is 40.3 Å². The quantitative estimate of drug-likeness (QED) is 0.722. The highest BCUT2D eigenvalue weighted by atomic mass is 16.5. The van der Waals surface area contributed by atoms with Crippen LogP contribution in [0.15, 0.2) is 29.1 Å². The minimum Gasteiger partial charge on any atom is -0.451 e. The lowest BCUT2D eigenvalue weighted by atomic mass is 9.92. The molecule has 0 spiro atoms. The van der Waals surface area contributed by atoms with Crippen molar-refractivity contribution >= 4 is 22.6 Å². The van der Waals surface area contributed by atoms with Crippen molar-refractivity contribution < 1.29 is 14.3 Å². The van der Waals surface area contributed by atoms with Gasteiger partial charge < -0.3 is 9.64 Å². The van der Waals surface area contributed by atoms with E-state index < -0.39 is 5.97 Å². The van der Waals surface area contributed by atoms with E-state index in [-0.39, 0.29) is 29.7 Å². The highest BCUT2D eigenvalue weighted by Crippen LogP contribution is 2.21. The van der Waals surface area contributed by atoms with Crippen LogP contribution in [0.25, 0.3) is 10.8 Å². The summed E-state index contributed by atoms with van der Waals surface area (Å²) in [6, 6.07) is 6.85. The average molecular weight is 399 g/mol. The van der Waals surface area contributed by atoms with Gasteiger partial charge in [0.25, 0.3) is 11.5 Å². The predicted molar refractivity (Wildman–Crippen MR) is 111 cm³/mol. The van der Waals surface area contributed by atoms with Crippen molar-refractivity contribution in [3.8, 4) is 0 Å². The van der Waals surface area contributed by atoms with Crippen LogP contribution < -0.4 is 5.56 Å². The van der Waals surface area contributed by atoms with E-state index in [1.165, 1.54) is 4.68 Å². The summed E-state index contributed by atoms with van der Waals surface area (Å²) < 4.78 is 6.62. The molecule has 0 aliphatic carbocycles. The number of aromatic nitrogens is 2. The summed E-state index contributed by atoms with van der Waals surface area (Å²) in [5.41, 5.74) is -0.174. The molecule has 0 unspecified atom stereocenters. The van der Waals surface area contributed by atoms with Crippen molar-refractivity contribution in [2.24, 2.45) is 17.8 Å². The van der Waals surface area contributed by atoms with E-state index >= 15 is 0 Å². The van der Waals surface area contributed by atoms with Crippen LogP contribution in [0.5, 0.6) is 0 Å². The smallest absolute Gasteiger partial charge is 0.359 e. The van der Waals surface area contributed by atoms with Gasteiger partial charge in [-0.1, -0.05) is 45.9 Å². The largest absolute Gasteiger partial charge is 0.451 e. The molecule has 1 saturated heterocycles. The first-order chi connectivity index (χ1) is 13.8. The molecule has 0 radical (unpaired) electrons. The Bertz CT molecular complexity index is 956. The summed E-state index contributed by atoms with van der Waals surface area (Å²) in [6.45, 7) is 9.62. The third-order valence-electron chi connectivity index (χ3n) is 5.15. The fraction of sp³-hybridized carbons (Fsp3) is 0.545. The Balaban J connectivity index is 1.81. The number of likely N-dealkylation sites (tertiary alicyclic amines) is 1. The summed E-state index contributed by atoms with van der Waals surface area (Å²) >= 11 is 0. The summed E-state index contributed by atoms with van der Waals surface area (Å²) in [5.74, 6) is 0.170. The minimum absolute atomic E-state index is 0.0639. The number of esters is 1. The van der Waals surface area contributed by atoms with Crippen molar-refractivity contribution in [2.45, 2.75) is 40.7 Å². The summed E-state index contributed by atoms with van der Waals surface area (Å²) in [6.07, 6.45) is 1.09. The number of piperidine rings is 1. The average Bonchev–Trinajstić information content (AvgIpc) is 2.67. The zero-order valence-corrected chi connectivity index (χ0v) is 17.6. The normalized spacial score (nSPS) is 19.6. The molecule has 7 heteroatoms. The molecule has 2 heterocycles. The van der Waals surface area contributed by atoms with Gasteiger partial charge in [-0.25, -0.2) is 9.48 Å². The second-order valence-electron chi connectivity index (χ2n) is 8.60. The molecule has 2 atom stereocenters. The van der Waals surface area contributed by atoms with Gasteiger partial charge in [0, 0.05) is 25.0 Å². The van der Waals surface area contributed by atoms with Gasteiger partial charge in [-0.05, 0) is 30.2 Å². The van der Waals surface area contributed by atoms with E-state index in [2.05, 4.69) is 18.9 Å². The number of amides is 1. The van der Waals surface area contributed by atoms with Crippen LogP contribution in [0, 0.1) is 17.8 Å². The number of nitrogens with zero attached hydrogens (tertiary/aromatic N) is 3. The monoisotopic (exact) mass is 399 g/mol. The first-order valence-corrected chi connectivity index (χ1v) is 10.2. The van der Waals surface area contributed by atoms with Gasteiger partial charge >= 0.3 is 5.97 Å². The van der Waals surface area contributed by atoms with E-state index in [0.29, 0.717) is 42.2 Å². The molecule has 0 bridgehead atoms. The molecular formula is C22H29N3O4. The summed E-state index contributed by atoms with van der Waals surface area (Å²) in [7, 11) is 0. The number of rotatable bonds is 5. The molecule has 1 fully saturated rings. The molecule has 1 amide bonds. The molecule has 7 nitrogen and oxygen atoms in total. The van der Waals surface area contributed by atoms with Gasteiger partial charge in [0.1, 0.15) is 0 Å². The maximum Gasteiger partial charge on any atom is 0.359 e. The third-order valence-corrected chi connectivity index (χ3v) is 5.15. The number of carbonyl (C=O) groups excluding carboxylic acids is 2. The second-order valence-corrected chi connectivity index (χ2v) is 8.60. The molecule has 0 N–H and O–H groups in total. The first-order valence-electron chi connectivity index (χ1n) is 10.2. The fourth-order valence-electron chi connectivity index (χ4n) is 4.01. The number of fused-ring (bicyclic) bond motifs is 1. The Hall–Kier alpha value is -2.70. The molecule has 1 aromatic carbocycles. The number of ether oxygens (including phenoxy) is 1. The maximum atomic E-state index is 12.8. The molecule has 0 saturated carbocycles. The van der Waals surface area contributed by atoms with Crippen molar-refractivity contribution in [3.63, 3.8) is 0 Å². The molecule has 3 rings (SSSR count). The van der Waals surface area contributed by atoms with E-state index in [4.69, 9.17) is 4.74 Å². The van der Waals surface area contributed by atoms with Gasteiger partial charge in [0.2, 0.25) is 0 Å². The van der Waals surface area contributed by atoms with Crippen molar-refractivity contribution in [2.75, 3.05) is 19.7 Å². The highest BCUT2D eigenvalue weighted by molar-refractivity contribution is 6.02. The molecule has 1 aromatic heterocycles. The lowest BCUT2D eigenvalue weighted by molar-refractivity contribution is -0.137. The Morgan fingerprint density at radius 2 is 1.76 bits per heavy atom. The molecule has 1 aliphatic heterocycles. The molecule has 156 valence electrons. The van der Waals surface area contributed by atoms with Crippen LogP contribution in [-0.4, -0.2) is 46.3 Å². The van der Waals surface area contributed by atoms with Crippen LogP contribution in [0.3, 0.4) is 0 Å². The van der Waals surface area contributed by atoms with Gasteiger partial charge in [0.05, 0.1) is 5.39 Å². The van der Waals surface area contributed by atoms with E-state index in [1.54, 1.807) is 29.2 Å². The highest BCUT2D eigenvalue weighted by Gasteiger charge is 2.26. The van der Waals surface area contributed by atoms with Crippen molar-refractivity contribution in [1.82, 2.24) is 14.7 Å². The van der Waals surface area contributed by atoms with Gasteiger partial charge in [0.15, 0.2) is 12.3 Å². The molecule has 29 heavy (non-hydrogen) atoms. The Morgan fingerprint density at radius 3 is 2.38 bits per heavy atom. The summed E-state index contributed by atoms with van der Waals surface area (Å²) in [4.78, 5) is 39.7. The summed E-state index contributed by atoms with van der Waals surface area (Å²) in [5, 5.41) is 5.12. The first kappa shape index (κ1) is 21.0. The molecule has 1 aliphatic rings. The fourth-order valence-corrected chi connectivity index (χ4v) is 4.01. The number of hydrogen-bond donors (Lipinski definition) is 0. The lowest BCUT2D eigenvalue weighted by Crippen LogP contribution is -2.44. The zero-order chi connectivity index (χ0) is 21.1. The Morgan fingerprint density at radius 1 is 1.14 bits per heavy atom. The van der Waals surface area contributed by atoms with Crippen molar-refractivity contribution in [1.29, 1.82) is 0 Å². The SMILES string of the molecule is CC(C)Cn1nc(C(=O)OCC(=O)N2C[C@H](C)C[C@@H](C)C2)c2ccccc2c1=O. The minimum atomic E-state index is -0.690. The van der Waals surface area contributed by atoms with Crippen LogP contribution in [0.1, 0.15) is 44.6 Å². The van der Waals surface area contributed by atoms with E-state index in [1.807, 2.05) is 13.8 Å². The topological polar surface area (TPSA) is 81.5 Å². The maximum absolute atomic E-state index is 12.8. The number of benzene rings is 1. The number of hydrogen-bond acceptors (Lipinski definition) is 5. The van der Waals surface area contributed by atoms with Crippen LogP contribution in [-0.2, 0) is 16.1 Å². The van der Waals surface area contributed by atoms with E-state index in [9.17, 15) is 14.4 Å². The third kappa shape index (κ3) is 4.83. The van der Waals surface area contributed by atoms with Gasteiger partial charge in [-0.2, -0.15) is 5.10 Å². The van der Waals surface area contributed by atoms with Gasteiger partial charge in [-0.15, -0.1) is 0 Å². The van der Waals surface area contributed by atoms with Gasteiger partial charge in [-0.3, -0.25) is 9.59 Å². The van der Waals surface area contributed by atoms with Crippen LogP contribution in [0.4, 0.5) is 0 Å². The predicted octanol–water partition coefficient (Wildman–Crippen LogP) is 2.71. The lowest BCUT2D eigenvalue weighted by Gasteiger charge is -2.34. The Labute approximate surface area is 170 Å². The van der Waals surface area contributed by atoms with Crippen LogP contribution in [0.2, 0.25) is 0 Å². The number of carbonyl (C=O) groups is 2. The Kier molecular flexibility index (Phi) is 6.35. The zero-order valence-electron chi connectivity index (χ0n) is 17.6. The van der Waals surface area contributed by atoms with Crippen LogP contribution >= 0.6 is 0 Å². The molecule has 2 aromatic rings.